The highest BCUT2D eigenvalue weighted by atomic mass is 16.2. The number of nitrogen functional groups attached to an aromatic ring is 1. The van der Waals surface area contributed by atoms with Crippen molar-refractivity contribution >= 4 is 16.8 Å². The van der Waals surface area contributed by atoms with Crippen LogP contribution in [-0.2, 0) is 0 Å². The van der Waals surface area contributed by atoms with Crippen LogP contribution in [0.2, 0.25) is 0 Å². The number of fused-ring (bicyclic) bond motifs is 1. The van der Waals surface area contributed by atoms with Gasteiger partial charge in [0.25, 0.3) is 5.91 Å². The molecule has 0 atom stereocenters. The summed E-state index contributed by atoms with van der Waals surface area (Å²) in [6, 6.07) is 5.28. The molecule has 2 heterocycles. The van der Waals surface area contributed by atoms with Crippen molar-refractivity contribution in [3.63, 3.8) is 0 Å². The molecule has 0 fully saturated rings. The molecule has 0 aliphatic heterocycles. The van der Waals surface area contributed by atoms with Crippen LogP contribution in [0.1, 0.15) is 10.5 Å². The van der Waals surface area contributed by atoms with Gasteiger partial charge in [0.15, 0.2) is 0 Å². The largest absolute Gasteiger partial charge is 0.289 e. The van der Waals surface area contributed by atoms with Gasteiger partial charge in [0.1, 0.15) is 5.69 Å². The second-order valence-electron chi connectivity index (χ2n) is 2.74. The topological polar surface area (TPSA) is 80.9 Å². The molecular formula is C9H8N4O. The van der Waals surface area contributed by atoms with Crippen molar-refractivity contribution in [2.24, 2.45) is 5.84 Å². The maximum atomic E-state index is 11.1. The molecule has 0 saturated carbocycles. The van der Waals surface area contributed by atoms with E-state index in [1.54, 1.807) is 18.5 Å². The van der Waals surface area contributed by atoms with E-state index in [1.165, 1.54) is 0 Å². The van der Waals surface area contributed by atoms with Gasteiger partial charge in [-0.1, -0.05) is 0 Å². The van der Waals surface area contributed by atoms with Gasteiger partial charge >= 0.3 is 0 Å². The molecule has 0 saturated heterocycles. The second kappa shape index (κ2) is 3.39. The first-order valence-electron chi connectivity index (χ1n) is 4.03. The summed E-state index contributed by atoms with van der Waals surface area (Å²) in [6.07, 6.45) is 3.25. The molecule has 0 aliphatic rings. The van der Waals surface area contributed by atoms with Crippen LogP contribution in [0.4, 0.5) is 0 Å². The number of hydrogen-bond acceptors (Lipinski definition) is 4. The summed E-state index contributed by atoms with van der Waals surface area (Å²) in [6.45, 7) is 0. The number of aromatic nitrogens is 2. The lowest BCUT2D eigenvalue weighted by molar-refractivity contribution is 0.0949. The van der Waals surface area contributed by atoms with Gasteiger partial charge in [0.05, 0.1) is 5.52 Å². The summed E-state index contributed by atoms with van der Waals surface area (Å²) >= 11 is 0. The Labute approximate surface area is 79.9 Å². The van der Waals surface area contributed by atoms with Gasteiger partial charge in [0.2, 0.25) is 0 Å². The van der Waals surface area contributed by atoms with E-state index in [9.17, 15) is 4.79 Å². The number of hydrogen-bond donors (Lipinski definition) is 2. The Bertz CT molecular complexity index is 483. The monoisotopic (exact) mass is 188 g/mol. The predicted octanol–water partition coefficient (Wildman–Crippen LogP) is 0.233. The highest BCUT2D eigenvalue weighted by molar-refractivity contribution is 5.94. The average Bonchev–Trinajstić information content (AvgIpc) is 2.27. The molecule has 1 amide bonds. The molecule has 0 aliphatic carbocycles. The first-order valence-corrected chi connectivity index (χ1v) is 4.03. The van der Waals surface area contributed by atoms with Gasteiger partial charge in [-0.3, -0.25) is 20.2 Å². The molecule has 0 aromatic carbocycles. The van der Waals surface area contributed by atoms with Crippen LogP contribution in [0.5, 0.6) is 0 Å². The number of nitrogens with two attached hydrogens (primary N) is 1. The maximum absolute atomic E-state index is 11.1. The minimum absolute atomic E-state index is 0.263. The normalized spacial score (nSPS) is 10.1. The molecule has 2 rings (SSSR count). The SMILES string of the molecule is NNC(=O)c1cc2ncccc2cn1. The Hall–Kier alpha value is -2.01. The third-order valence-electron chi connectivity index (χ3n) is 1.85. The van der Waals surface area contributed by atoms with E-state index in [1.807, 2.05) is 17.6 Å². The summed E-state index contributed by atoms with van der Waals surface area (Å²) in [5, 5.41) is 0.890. The molecule has 0 radical (unpaired) electrons. The van der Waals surface area contributed by atoms with Gasteiger partial charge in [-0.2, -0.15) is 0 Å². The van der Waals surface area contributed by atoms with Crippen LogP contribution in [0.15, 0.2) is 30.6 Å². The number of amides is 1. The van der Waals surface area contributed by atoms with Gasteiger partial charge < -0.3 is 0 Å². The highest BCUT2D eigenvalue weighted by Crippen LogP contribution is 2.09. The number of carbonyl (C=O) groups excluding carboxylic acids is 1. The van der Waals surface area contributed by atoms with E-state index in [0.717, 1.165) is 10.9 Å². The van der Waals surface area contributed by atoms with E-state index in [4.69, 9.17) is 5.84 Å². The molecule has 0 unspecified atom stereocenters. The molecule has 14 heavy (non-hydrogen) atoms. The fourth-order valence-electron chi connectivity index (χ4n) is 1.16. The van der Waals surface area contributed by atoms with Crippen molar-refractivity contribution in [1.82, 2.24) is 15.4 Å². The van der Waals surface area contributed by atoms with Crippen LogP contribution in [0, 0.1) is 0 Å². The van der Waals surface area contributed by atoms with Gasteiger partial charge in [-0.25, -0.2) is 5.84 Å². The Morgan fingerprint density at radius 2 is 2.29 bits per heavy atom. The summed E-state index contributed by atoms with van der Waals surface area (Å²) in [4.78, 5) is 19.2. The fraction of sp³-hybridized carbons (Fsp3) is 0. The summed E-state index contributed by atoms with van der Waals surface area (Å²) in [7, 11) is 0. The summed E-state index contributed by atoms with van der Waals surface area (Å²) in [5.41, 5.74) is 3.00. The van der Waals surface area contributed by atoms with Crippen LogP contribution < -0.4 is 11.3 Å². The van der Waals surface area contributed by atoms with Crippen LogP contribution in [-0.4, -0.2) is 15.9 Å². The molecule has 2 aromatic rings. The Morgan fingerprint density at radius 1 is 1.43 bits per heavy atom. The van der Waals surface area contributed by atoms with Crippen LogP contribution in [0.3, 0.4) is 0 Å². The number of nitrogens with zero attached hydrogens (tertiary/aromatic N) is 2. The lowest BCUT2D eigenvalue weighted by Crippen LogP contribution is -2.30. The molecule has 5 heteroatoms. The molecular weight excluding hydrogens is 180 g/mol. The third-order valence-corrected chi connectivity index (χ3v) is 1.85. The van der Waals surface area contributed by atoms with Crippen molar-refractivity contribution in [1.29, 1.82) is 0 Å². The first kappa shape index (κ1) is 8.58. The number of pyridine rings is 2. The van der Waals surface area contributed by atoms with Gasteiger partial charge in [-0.05, 0) is 18.2 Å². The zero-order valence-electron chi connectivity index (χ0n) is 7.27. The summed E-state index contributed by atoms with van der Waals surface area (Å²) < 4.78 is 0. The average molecular weight is 188 g/mol. The zero-order valence-corrected chi connectivity index (χ0v) is 7.27. The molecule has 3 N–H and O–H groups in total. The molecule has 5 nitrogen and oxygen atoms in total. The minimum atomic E-state index is -0.419. The predicted molar refractivity (Wildman–Crippen MR) is 51.2 cm³/mol. The van der Waals surface area contributed by atoms with E-state index >= 15 is 0 Å². The Morgan fingerprint density at radius 3 is 3.07 bits per heavy atom. The second-order valence-corrected chi connectivity index (χ2v) is 2.74. The lowest BCUT2D eigenvalue weighted by Gasteiger charge is -1.99. The summed E-state index contributed by atoms with van der Waals surface area (Å²) in [5.74, 6) is 4.57. The standard InChI is InChI=1S/C9H8N4O/c10-13-9(14)8-4-7-6(5-12-8)2-1-3-11-7/h1-5H,10H2,(H,13,14). The van der Waals surface area contributed by atoms with Crippen molar-refractivity contribution in [2.75, 3.05) is 0 Å². The number of hydrazine groups is 1. The van der Waals surface area contributed by atoms with E-state index in [-0.39, 0.29) is 5.69 Å². The molecule has 0 bridgehead atoms. The van der Waals surface area contributed by atoms with Gasteiger partial charge in [0, 0.05) is 17.8 Å². The quantitative estimate of drug-likeness (QED) is 0.381. The smallest absolute Gasteiger partial charge is 0.283 e. The lowest BCUT2D eigenvalue weighted by atomic mass is 10.2. The fourth-order valence-corrected chi connectivity index (χ4v) is 1.16. The molecule has 0 spiro atoms. The third kappa shape index (κ3) is 1.40. The zero-order chi connectivity index (χ0) is 9.97. The maximum Gasteiger partial charge on any atom is 0.283 e. The van der Waals surface area contributed by atoms with E-state index in [2.05, 4.69) is 9.97 Å². The molecule has 70 valence electrons. The Balaban J connectivity index is 2.56. The molecule has 2 aromatic heterocycles. The van der Waals surface area contributed by atoms with Crippen molar-refractivity contribution in [3.05, 3.63) is 36.3 Å². The minimum Gasteiger partial charge on any atom is -0.289 e. The number of nitrogens with one attached hydrogen (secondary N) is 1. The number of carbonyl (C=O) groups is 1. The van der Waals surface area contributed by atoms with E-state index < -0.39 is 5.91 Å². The van der Waals surface area contributed by atoms with Crippen molar-refractivity contribution in [2.45, 2.75) is 0 Å². The van der Waals surface area contributed by atoms with Gasteiger partial charge in [-0.15, -0.1) is 0 Å². The first-order chi connectivity index (χ1) is 6.81. The van der Waals surface area contributed by atoms with Crippen molar-refractivity contribution in [3.8, 4) is 0 Å². The highest BCUT2D eigenvalue weighted by Gasteiger charge is 2.05. The van der Waals surface area contributed by atoms with Crippen LogP contribution in [0.25, 0.3) is 10.9 Å². The number of rotatable bonds is 1. The Kier molecular flexibility index (Phi) is 2.08. The van der Waals surface area contributed by atoms with Crippen molar-refractivity contribution < 1.29 is 4.79 Å². The van der Waals surface area contributed by atoms with Crippen LogP contribution >= 0.6 is 0 Å². The van der Waals surface area contributed by atoms with E-state index in [0.29, 0.717) is 0 Å².